The Bertz CT molecular complexity index is 187. The van der Waals surface area contributed by atoms with Crippen molar-refractivity contribution in [2.24, 2.45) is 11.8 Å². The fourth-order valence-electron chi connectivity index (χ4n) is 2.14. The quantitative estimate of drug-likeness (QED) is 0.494. The van der Waals surface area contributed by atoms with Crippen LogP contribution in [0.3, 0.4) is 0 Å². The summed E-state index contributed by atoms with van der Waals surface area (Å²) in [5, 5.41) is 0. The van der Waals surface area contributed by atoms with Crippen molar-refractivity contribution >= 4 is 12.1 Å². The molecule has 0 bridgehead atoms. The molecule has 0 radical (unpaired) electrons. The van der Waals surface area contributed by atoms with Crippen LogP contribution >= 0.6 is 0 Å². The third kappa shape index (κ3) is 2.94. The smallest absolute Gasteiger partial charge is 0.135 e. The zero-order valence-corrected chi connectivity index (χ0v) is 8.29. The van der Waals surface area contributed by atoms with Crippen LogP contribution in [-0.4, -0.2) is 12.1 Å². The Hall–Kier alpha value is -0.660. The van der Waals surface area contributed by atoms with Gasteiger partial charge in [0.05, 0.1) is 0 Å². The Kier molecular flexibility index (Phi) is 4.13. The van der Waals surface area contributed by atoms with Gasteiger partial charge in [0.25, 0.3) is 0 Å². The predicted octanol–water partition coefficient (Wildman–Crippen LogP) is 2.36. The molecule has 0 aromatic rings. The minimum Gasteiger partial charge on any atom is -0.303 e. The van der Waals surface area contributed by atoms with Crippen molar-refractivity contribution in [2.45, 2.75) is 45.4 Å². The van der Waals surface area contributed by atoms with Crippen molar-refractivity contribution in [2.75, 3.05) is 0 Å². The van der Waals surface area contributed by atoms with E-state index in [0.717, 1.165) is 32.0 Å². The molecule has 2 atom stereocenters. The normalized spacial score (nSPS) is 28.8. The molecule has 2 nitrogen and oxygen atoms in total. The van der Waals surface area contributed by atoms with Gasteiger partial charge in [-0.15, -0.1) is 0 Å². The number of ketones is 1. The number of hydrogen-bond donors (Lipinski definition) is 0. The van der Waals surface area contributed by atoms with E-state index in [1.807, 2.05) is 6.92 Å². The van der Waals surface area contributed by atoms with E-state index in [1.54, 1.807) is 0 Å². The van der Waals surface area contributed by atoms with E-state index >= 15 is 0 Å². The van der Waals surface area contributed by atoms with Gasteiger partial charge in [-0.05, 0) is 31.6 Å². The first-order valence-electron chi connectivity index (χ1n) is 5.22. The summed E-state index contributed by atoms with van der Waals surface area (Å²) in [6.07, 6.45) is 6.61. The average molecular weight is 182 g/mol. The molecule has 0 aliphatic heterocycles. The monoisotopic (exact) mass is 182 g/mol. The van der Waals surface area contributed by atoms with Crippen LogP contribution < -0.4 is 0 Å². The highest BCUT2D eigenvalue weighted by molar-refractivity contribution is 5.81. The van der Waals surface area contributed by atoms with E-state index in [2.05, 4.69) is 0 Å². The van der Waals surface area contributed by atoms with E-state index in [0.29, 0.717) is 18.1 Å². The molecule has 0 amide bonds. The third-order valence-corrected chi connectivity index (χ3v) is 3.11. The maximum Gasteiger partial charge on any atom is 0.135 e. The van der Waals surface area contributed by atoms with Crippen LogP contribution in [0.5, 0.6) is 0 Å². The van der Waals surface area contributed by atoms with Crippen molar-refractivity contribution in [1.82, 2.24) is 0 Å². The van der Waals surface area contributed by atoms with Crippen LogP contribution in [-0.2, 0) is 9.59 Å². The summed E-state index contributed by atoms with van der Waals surface area (Å²) in [7, 11) is 0. The summed E-state index contributed by atoms with van der Waals surface area (Å²) >= 11 is 0. The van der Waals surface area contributed by atoms with Crippen LogP contribution in [0.25, 0.3) is 0 Å². The summed E-state index contributed by atoms with van der Waals surface area (Å²) in [4.78, 5) is 21.5. The lowest BCUT2D eigenvalue weighted by atomic mass is 9.77. The Labute approximate surface area is 79.7 Å². The van der Waals surface area contributed by atoms with Crippen molar-refractivity contribution < 1.29 is 9.59 Å². The van der Waals surface area contributed by atoms with E-state index in [-0.39, 0.29) is 5.92 Å². The molecule has 74 valence electrons. The minimum absolute atomic E-state index is 0.236. The molecule has 1 rings (SSSR count). The van der Waals surface area contributed by atoms with Crippen molar-refractivity contribution in [3.8, 4) is 0 Å². The fourth-order valence-corrected chi connectivity index (χ4v) is 2.14. The van der Waals surface area contributed by atoms with Crippen molar-refractivity contribution in [3.63, 3.8) is 0 Å². The van der Waals surface area contributed by atoms with E-state index in [9.17, 15) is 9.59 Å². The molecule has 1 fully saturated rings. The van der Waals surface area contributed by atoms with Gasteiger partial charge in [0.15, 0.2) is 0 Å². The number of aldehydes is 1. The molecule has 0 spiro atoms. The van der Waals surface area contributed by atoms with Crippen LogP contribution in [0.4, 0.5) is 0 Å². The van der Waals surface area contributed by atoms with Gasteiger partial charge in [0.2, 0.25) is 0 Å². The first-order valence-corrected chi connectivity index (χ1v) is 5.22. The van der Waals surface area contributed by atoms with Crippen LogP contribution in [0.15, 0.2) is 0 Å². The third-order valence-electron chi connectivity index (χ3n) is 3.11. The standard InChI is InChI=1S/C11H18O2/c1-9-10(5-2-3-8-12)6-4-7-11(9)13/h8-10H,2-7H2,1H3/t9-,10-/m0/s1. The lowest BCUT2D eigenvalue weighted by molar-refractivity contribution is -0.126. The van der Waals surface area contributed by atoms with Gasteiger partial charge < -0.3 is 4.79 Å². The van der Waals surface area contributed by atoms with Gasteiger partial charge in [-0.2, -0.15) is 0 Å². The number of carbonyl (C=O) groups is 2. The summed E-state index contributed by atoms with van der Waals surface area (Å²) in [5.41, 5.74) is 0. The largest absolute Gasteiger partial charge is 0.303 e. The second-order valence-corrected chi connectivity index (χ2v) is 4.00. The first-order chi connectivity index (χ1) is 6.25. The topological polar surface area (TPSA) is 34.1 Å². The SMILES string of the molecule is C[C@@H]1C(=O)CCC[C@@H]1CCCC=O. The van der Waals surface area contributed by atoms with E-state index < -0.39 is 0 Å². The van der Waals surface area contributed by atoms with Gasteiger partial charge in [-0.25, -0.2) is 0 Å². The molecule has 0 aromatic carbocycles. The number of Topliss-reactive ketones (excluding diaryl/α,β-unsaturated/α-hetero) is 1. The van der Waals surface area contributed by atoms with Gasteiger partial charge in [-0.3, -0.25) is 4.79 Å². The molecule has 1 aliphatic rings. The molecular weight excluding hydrogens is 164 g/mol. The molecule has 0 saturated heterocycles. The van der Waals surface area contributed by atoms with Gasteiger partial charge >= 0.3 is 0 Å². The zero-order valence-electron chi connectivity index (χ0n) is 8.29. The number of carbonyl (C=O) groups excluding carboxylic acids is 2. The summed E-state index contributed by atoms with van der Waals surface area (Å²) in [5.74, 6) is 1.20. The molecule has 1 aliphatic carbocycles. The molecule has 1 saturated carbocycles. The number of unbranched alkanes of at least 4 members (excludes halogenated alkanes) is 1. The average Bonchev–Trinajstić information content (AvgIpc) is 2.13. The maximum absolute atomic E-state index is 11.4. The highest BCUT2D eigenvalue weighted by Crippen LogP contribution is 2.30. The molecule has 0 heterocycles. The Morgan fingerprint density at radius 1 is 1.54 bits per heavy atom. The predicted molar refractivity (Wildman–Crippen MR) is 51.4 cm³/mol. The van der Waals surface area contributed by atoms with E-state index in [4.69, 9.17) is 0 Å². The minimum atomic E-state index is 0.236. The molecule has 0 aromatic heterocycles. The molecule has 2 heteroatoms. The van der Waals surface area contributed by atoms with Crippen LogP contribution in [0, 0.1) is 11.8 Å². The summed E-state index contributed by atoms with van der Waals surface area (Å²) in [6.45, 7) is 2.03. The highest BCUT2D eigenvalue weighted by Gasteiger charge is 2.27. The summed E-state index contributed by atoms with van der Waals surface area (Å²) < 4.78 is 0. The van der Waals surface area contributed by atoms with Crippen molar-refractivity contribution in [1.29, 1.82) is 0 Å². The zero-order chi connectivity index (χ0) is 9.68. The molecule has 0 unspecified atom stereocenters. The number of hydrogen-bond acceptors (Lipinski definition) is 2. The van der Waals surface area contributed by atoms with Gasteiger partial charge in [0, 0.05) is 18.8 Å². The highest BCUT2D eigenvalue weighted by atomic mass is 16.1. The second kappa shape index (κ2) is 5.15. The number of rotatable bonds is 4. The Morgan fingerprint density at radius 3 is 3.00 bits per heavy atom. The van der Waals surface area contributed by atoms with Gasteiger partial charge in [0.1, 0.15) is 12.1 Å². The summed E-state index contributed by atoms with van der Waals surface area (Å²) in [6, 6.07) is 0. The molecule has 13 heavy (non-hydrogen) atoms. The van der Waals surface area contributed by atoms with Gasteiger partial charge in [-0.1, -0.05) is 6.92 Å². The van der Waals surface area contributed by atoms with Crippen LogP contribution in [0.1, 0.15) is 45.4 Å². The van der Waals surface area contributed by atoms with Crippen LogP contribution in [0.2, 0.25) is 0 Å². The van der Waals surface area contributed by atoms with E-state index in [1.165, 1.54) is 6.42 Å². The molecular formula is C11H18O2. The fraction of sp³-hybridized carbons (Fsp3) is 0.818. The van der Waals surface area contributed by atoms with Crippen molar-refractivity contribution in [3.05, 3.63) is 0 Å². The maximum atomic E-state index is 11.4. The Balaban J connectivity index is 2.30. The lowest BCUT2D eigenvalue weighted by Gasteiger charge is -2.27. The second-order valence-electron chi connectivity index (χ2n) is 4.00. The lowest BCUT2D eigenvalue weighted by Crippen LogP contribution is -2.25. The molecule has 0 N–H and O–H groups in total. The first kappa shape index (κ1) is 10.4. The Morgan fingerprint density at radius 2 is 2.31 bits per heavy atom.